The molecule has 1 N–H and O–H groups in total. The fraction of sp³-hybridized carbons (Fsp3) is 0.692. The zero-order valence-electron chi connectivity index (χ0n) is 11.2. The summed E-state index contributed by atoms with van der Waals surface area (Å²) in [4.78, 5) is 0.825. The third-order valence-electron chi connectivity index (χ3n) is 3.85. The molecule has 0 amide bonds. The van der Waals surface area contributed by atoms with E-state index in [1.54, 1.807) is 15.8 Å². The minimum absolute atomic E-state index is 0.211. The van der Waals surface area contributed by atoms with Crippen LogP contribution in [0.25, 0.3) is 0 Å². The number of thiophene rings is 1. The minimum atomic E-state index is -3.43. The predicted octanol–water partition coefficient (Wildman–Crippen LogP) is 2.44. The fourth-order valence-corrected chi connectivity index (χ4v) is 5.36. The van der Waals surface area contributed by atoms with Gasteiger partial charge in [-0.15, -0.1) is 11.3 Å². The number of hydrogen-bond acceptors (Lipinski definition) is 4. The van der Waals surface area contributed by atoms with E-state index in [2.05, 4.69) is 6.92 Å². The van der Waals surface area contributed by atoms with Gasteiger partial charge in [0.25, 0.3) is 0 Å². The molecular weight excluding hydrogens is 282 g/mol. The Balaban J connectivity index is 2.20. The number of sulfonamides is 1. The van der Waals surface area contributed by atoms with Crippen LogP contribution in [0.1, 0.15) is 37.5 Å². The molecule has 108 valence electrons. The van der Waals surface area contributed by atoms with Crippen molar-refractivity contribution in [1.82, 2.24) is 4.31 Å². The van der Waals surface area contributed by atoms with Crippen molar-refractivity contribution in [3.63, 3.8) is 0 Å². The van der Waals surface area contributed by atoms with Gasteiger partial charge in [0.2, 0.25) is 10.0 Å². The predicted molar refractivity (Wildman–Crippen MR) is 76.6 cm³/mol. The molecule has 19 heavy (non-hydrogen) atoms. The lowest BCUT2D eigenvalue weighted by molar-refractivity contribution is 0.282. The van der Waals surface area contributed by atoms with Crippen LogP contribution in [0.15, 0.2) is 16.3 Å². The Bertz CT molecular complexity index is 510. The highest BCUT2D eigenvalue weighted by Crippen LogP contribution is 2.28. The molecule has 0 spiro atoms. The molecule has 0 radical (unpaired) electrons. The number of hydrogen-bond donors (Lipinski definition) is 1. The van der Waals surface area contributed by atoms with E-state index in [9.17, 15) is 13.5 Å². The molecule has 1 aromatic rings. The van der Waals surface area contributed by atoms with E-state index in [1.165, 1.54) is 11.3 Å². The molecule has 0 bridgehead atoms. The Kier molecular flexibility index (Phi) is 5.00. The summed E-state index contributed by atoms with van der Waals surface area (Å²) in [5.41, 5.74) is 0. The minimum Gasteiger partial charge on any atom is -0.391 e. The number of nitrogens with zero attached hydrogens (tertiary/aromatic N) is 1. The van der Waals surface area contributed by atoms with Crippen LogP contribution in [0.5, 0.6) is 0 Å². The largest absolute Gasteiger partial charge is 0.391 e. The zero-order valence-corrected chi connectivity index (χ0v) is 12.8. The van der Waals surface area contributed by atoms with Crippen molar-refractivity contribution in [1.29, 1.82) is 0 Å². The average molecular weight is 303 g/mol. The number of rotatable bonds is 4. The SMILES string of the molecule is CCC1CCCN(S(=O)(=O)c2ccsc2CO)CC1. The summed E-state index contributed by atoms with van der Waals surface area (Å²) in [6.07, 6.45) is 4.10. The summed E-state index contributed by atoms with van der Waals surface area (Å²) in [6, 6.07) is 1.60. The molecule has 6 heteroatoms. The molecule has 1 unspecified atom stereocenters. The van der Waals surface area contributed by atoms with Crippen LogP contribution in [-0.4, -0.2) is 30.9 Å². The third-order valence-corrected chi connectivity index (χ3v) is 6.87. The van der Waals surface area contributed by atoms with Crippen LogP contribution in [0.4, 0.5) is 0 Å². The van der Waals surface area contributed by atoms with Crippen LogP contribution in [0.3, 0.4) is 0 Å². The highest BCUT2D eigenvalue weighted by Gasteiger charge is 2.29. The Labute approximate surface area is 119 Å². The van der Waals surface area contributed by atoms with Crippen molar-refractivity contribution in [3.05, 3.63) is 16.3 Å². The van der Waals surface area contributed by atoms with E-state index < -0.39 is 10.0 Å². The molecule has 1 aliphatic rings. The van der Waals surface area contributed by atoms with Crippen molar-refractivity contribution in [2.75, 3.05) is 13.1 Å². The van der Waals surface area contributed by atoms with Gasteiger partial charge in [0.15, 0.2) is 0 Å². The maximum atomic E-state index is 12.6. The van der Waals surface area contributed by atoms with Crippen LogP contribution in [0, 0.1) is 5.92 Å². The smallest absolute Gasteiger partial charge is 0.244 e. The fourth-order valence-electron chi connectivity index (χ4n) is 2.60. The Morgan fingerprint density at radius 2 is 2.21 bits per heavy atom. The Morgan fingerprint density at radius 1 is 1.42 bits per heavy atom. The molecule has 1 fully saturated rings. The molecule has 4 nitrogen and oxygen atoms in total. The molecule has 0 saturated carbocycles. The first-order valence-corrected chi connectivity index (χ1v) is 9.09. The van der Waals surface area contributed by atoms with Gasteiger partial charge in [-0.05, 0) is 36.6 Å². The molecule has 1 saturated heterocycles. The zero-order chi connectivity index (χ0) is 13.9. The van der Waals surface area contributed by atoms with Crippen LogP contribution in [0.2, 0.25) is 0 Å². The maximum Gasteiger partial charge on any atom is 0.244 e. The van der Waals surface area contributed by atoms with Crippen LogP contribution >= 0.6 is 11.3 Å². The second-order valence-electron chi connectivity index (χ2n) is 4.98. The highest BCUT2D eigenvalue weighted by molar-refractivity contribution is 7.89. The lowest BCUT2D eigenvalue weighted by Crippen LogP contribution is -2.32. The van der Waals surface area contributed by atoms with Crippen molar-refractivity contribution in [3.8, 4) is 0 Å². The standard InChI is InChI=1S/C13H21NO3S2/c1-2-11-4-3-7-14(8-5-11)19(16,17)13-6-9-18-12(13)10-15/h6,9,11,15H,2-5,7-8,10H2,1H3. The van der Waals surface area contributed by atoms with Crippen LogP contribution in [-0.2, 0) is 16.6 Å². The van der Waals surface area contributed by atoms with Gasteiger partial charge in [-0.25, -0.2) is 8.42 Å². The summed E-state index contributed by atoms with van der Waals surface area (Å²) in [5, 5.41) is 11.0. The van der Waals surface area contributed by atoms with Crippen molar-refractivity contribution in [2.24, 2.45) is 5.92 Å². The second-order valence-corrected chi connectivity index (χ2v) is 7.88. The maximum absolute atomic E-state index is 12.6. The third kappa shape index (κ3) is 3.18. The first-order valence-electron chi connectivity index (χ1n) is 6.77. The van der Waals surface area contributed by atoms with Gasteiger partial charge < -0.3 is 5.11 Å². The van der Waals surface area contributed by atoms with Gasteiger partial charge in [0, 0.05) is 18.0 Å². The van der Waals surface area contributed by atoms with E-state index in [4.69, 9.17) is 0 Å². The number of aliphatic hydroxyl groups is 1. The van der Waals surface area contributed by atoms with E-state index in [0.717, 1.165) is 25.7 Å². The van der Waals surface area contributed by atoms with Gasteiger partial charge in [-0.3, -0.25) is 0 Å². The Hall–Kier alpha value is -0.430. The van der Waals surface area contributed by atoms with Crippen LogP contribution < -0.4 is 0 Å². The van der Waals surface area contributed by atoms with E-state index in [1.807, 2.05) is 0 Å². The summed E-state index contributed by atoms with van der Waals surface area (Å²) in [7, 11) is -3.43. The monoisotopic (exact) mass is 303 g/mol. The van der Waals surface area contributed by atoms with Gasteiger partial charge in [0.05, 0.1) is 11.5 Å². The molecule has 0 aliphatic carbocycles. The quantitative estimate of drug-likeness (QED) is 0.929. The summed E-state index contributed by atoms with van der Waals surface area (Å²) in [6.45, 7) is 3.15. The summed E-state index contributed by atoms with van der Waals surface area (Å²) >= 11 is 1.29. The normalized spacial score (nSPS) is 22.3. The highest BCUT2D eigenvalue weighted by atomic mass is 32.2. The van der Waals surface area contributed by atoms with Gasteiger partial charge in [-0.2, -0.15) is 4.31 Å². The van der Waals surface area contributed by atoms with Gasteiger partial charge in [-0.1, -0.05) is 13.3 Å². The number of aliphatic hydroxyl groups excluding tert-OH is 1. The van der Waals surface area contributed by atoms with Crippen molar-refractivity contribution in [2.45, 2.75) is 44.1 Å². The summed E-state index contributed by atoms with van der Waals surface area (Å²) in [5.74, 6) is 0.639. The first-order chi connectivity index (χ1) is 9.09. The summed E-state index contributed by atoms with van der Waals surface area (Å²) < 4.78 is 26.8. The van der Waals surface area contributed by atoms with E-state index in [0.29, 0.717) is 23.9 Å². The van der Waals surface area contributed by atoms with Gasteiger partial charge in [0.1, 0.15) is 0 Å². The van der Waals surface area contributed by atoms with E-state index in [-0.39, 0.29) is 11.5 Å². The topological polar surface area (TPSA) is 57.6 Å². The molecule has 1 aliphatic heterocycles. The molecule has 2 rings (SSSR count). The molecular formula is C13H21NO3S2. The average Bonchev–Trinajstić information content (AvgIpc) is 2.76. The lowest BCUT2D eigenvalue weighted by Gasteiger charge is -2.20. The second kappa shape index (κ2) is 6.35. The lowest BCUT2D eigenvalue weighted by atomic mass is 9.98. The molecule has 1 atom stereocenters. The molecule has 2 heterocycles. The molecule has 0 aromatic carbocycles. The van der Waals surface area contributed by atoms with Crippen molar-refractivity contribution < 1.29 is 13.5 Å². The molecule has 1 aromatic heterocycles. The first kappa shape index (κ1) is 15.0. The van der Waals surface area contributed by atoms with Gasteiger partial charge >= 0.3 is 0 Å². The van der Waals surface area contributed by atoms with E-state index >= 15 is 0 Å². The Morgan fingerprint density at radius 3 is 2.89 bits per heavy atom. The van der Waals surface area contributed by atoms with Crippen molar-refractivity contribution >= 4 is 21.4 Å².